The molecular weight excluding hydrogens is 292 g/mol. The molecule has 0 aliphatic rings. The van der Waals surface area contributed by atoms with E-state index < -0.39 is 0 Å². The van der Waals surface area contributed by atoms with Crippen LogP contribution in [-0.4, -0.2) is 25.4 Å². The van der Waals surface area contributed by atoms with Gasteiger partial charge in [-0.25, -0.2) is 0 Å². The summed E-state index contributed by atoms with van der Waals surface area (Å²) >= 11 is 6.22. The van der Waals surface area contributed by atoms with E-state index in [0.29, 0.717) is 24.0 Å². The molecule has 0 unspecified atom stereocenters. The number of rotatable bonds is 8. The van der Waals surface area contributed by atoms with Gasteiger partial charge in [0.05, 0.1) is 11.6 Å². The number of hydrogen-bond acceptors (Lipinski definition) is 5. The van der Waals surface area contributed by atoms with Crippen molar-refractivity contribution in [3.63, 3.8) is 0 Å². The van der Waals surface area contributed by atoms with Gasteiger partial charge < -0.3 is 19.3 Å². The molecular formula is C15H19ClN2O3. The second kappa shape index (κ2) is 8.02. The average molecular weight is 311 g/mol. The fraction of sp³-hybridized carbons (Fsp3) is 0.400. The molecule has 6 heteroatoms. The SMILES string of the molecule is COCCNCc1ccc(OCc2cc(C)on2)c(Cl)c1. The maximum absolute atomic E-state index is 6.22. The molecule has 0 saturated carbocycles. The summed E-state index contributed by atoms with van der Waals surface area (Å²) in [6.07, 6.45) is 0. The van der Waals surface area contributed by atoms with Crippen LogP contribution in [0.1, 0.15) is 17.0 Å². The number of nitrogens with one attached hydrogen (secondary N) is 1. The Bertz CT molecular complexity index is 572. The lowest BCUT2D eigenvalue weighted by atomic mass is 10.2. The lowest BCUT2D eigenvalue weighted by Crippen LogP contribution is -2.18. The molecule has 1 aromatic carbocycles. The minimum Gasteiger partial charge on any atom is -0.486 e. The van der Waals surface area contributed by atoms with E-state index in [1.54, 1.807) is 7.11 Å². The standard InChI is InChI=1S/C15H19ClN2O3/c1-11-7-13(18-21-11)10-20-15-4-3-12(8-14(15)16)9-17-5-6-19-2/h3-4,7-8,17H,5-6,9-10H2,1-2H3. The summed E-state index contributed by atoms with van der Waals surface area (Å²) in [6.45, 7) is 4.41. The summed E-state index contributed by atoms with van der Waals surface area (Å²) in [4.78, 5) is 0. The first-order chi connectivity index (χ1) is 10.2. The van der Waals surface area contributed by atoms with Crippen molar-refractivity contribution in [2.45, 2.75) is 20.1 Å². The van der Waals surface area contributed by atoms with E-state index in [2.05, 4.69) is 10.5 Å². The van der Waals surface area contributed by atoms with Gasteiger partial charge >= 0.3 is 0 Å². The molecule has 114 valence electrons. The second-order valence-electron chi connectivity index (χ2n) is 4.65. The second-order valence-corrected chi connectivity index (χ2v) is 5.06. The molecule has 1 heterocycles. The Balaban J connectivity index is 1.86. The summed E-state index contributed by atoms with van der Waals surface area (Å²) in [5.41, 5.74) is 1.84. The maximum atomic E-state index is 6.22. The van der Waals surface area contributed by atoms with Gasteiger partial charge in [-0.15, -0.1) is 0 Å². The van der Waals surface area contributed by atoms with Crippen LogP contribution in [-0.2, 0) is 17.9 Å². The van der Waals surface area contributed by atoms with Crippen molar-refractivity contribution in [1.29, 1.82) is 0 Å². The predicted molar refractivity (Wildman–Crippen MR) is 80.6 cm³/mol. The molecule has 1 N–H and O–H groups in total. The van der Waals surface area contributed by atoms with E-state index in [-0.39, 0.29) is 0 Å². The van der Waals surface area contributed by atoms with Gasteiger partial charge in [-0.05, 0) is 24.6 Å². The number of halogens is 1. The number of methoxy groups -OCH3 is 1. The molecule has 5 nitrogen and oxygen atoms in total. The highest BCUT2D eigenvalue weighted by Gasteiger charge is 2.06. The first kappa shape index (κ1) is 15.8. The Hall–Kier alpha value is -1.56. The largest absolute Gasteiger partial charge is 0.486 e. The lowest BCUT2D eigenvalue weighted by molar-refractivity contribution is 0.199. The molecule has 2 rings (SSSR count). The van der Waals surface area contributed by atoms with Gasteiger partial charge in [0.25, 0.3) is 0 Å². The topological polar surface area (TPSA) is 56.5 Å². The zero-order valence-corrected chi connectivity index (χ0v) is 12.9. The molecule has 2 aromatic rings. The highest BCUT2D eigenvalue weighted by molar-refractivity contribution is 6.32. The number of hydrogen-bond donors (Lipinski definition) is 1. The first-order valence-corrected chi connectivity index (χ1v) is 7.10. The highest BCUT2D eigenvalue weighted by Crippen LogP contribution is 2.26. The molecule has 1 aromatic heterocycles. The Labute approximate surface area is 129 Å². The van der Waals surface area contributed by atoms with E-state index in [9.17, 15) is 0 Å². The van der Waals surface area contributed by atoms with Gasteiger partial charge in [0, 0.05) is 26.3 Å². The zero-order chi connectivity index (χ0) is 15.1. The van der Waals surface area contributed by atoms with Crippen LogP contribution in [0.2, 0.25) is 5.02 Å². The van der Waals surface area contributed by atoms with Crippen molar-refractivity contribution in [3.05, 3.63) is 46.3 Å². The summed E-state index contributed by atoms with van der Waals surface area (Å²) < 4.78 is 15.6. The van der Waals surface area contributed by atoms with Crippen LogP contribution < -0.4 is 10.1 Å². The average Bonchev–Trinajstić information content (AvgIpc) is 2.88. The van der Waals surface area contributed by atoms with Gasteiger partial charge in [0.2, 0.25) is 0 Å². The molecule has 0 radical (unpaired) electrons. The van der Waals surface area contributed by atoms with Gasteiger partial charge in [0.1, 0.15) is 23.8 Å². The number of aryl methyl sites for hydroxylation is 1. The number of nitrogens with zero attached hydrogens (tertiary/aromatic N) is 1. The number of ether oxygens (including phenoxy) is 2. The molecule has 0 atom stereocenters. The number of aromatic nitrogens is 1. The van der Waals surface area contributed by atoms with Crippen LogP contribution in [0, 0.1) is 6.92 Å². The van der Waals surface area contributed by atoms with Gasteiger partial charge in [-0.3, -0.25) is 0 Å². The third-order valence-electron chi connectivity index (χ3n) is 2.86. The lowest BCUT2D eigenvalue weighted by Gasteiger charge is -2.09. The molecule has 0 aliphatic carbocycles. The minimum absolute atomic E-state index is 0.336. The molecule has 0 saturated heterocycles. The van der Waals surface area contributed by atoms with Gasteiger partial charge in [-0.1, -0.05) is 22.8 Å². The van der Waals surface area contributed by atoms with Crippen molar-refractivity contribution in [2.75, 3.05) is 20.3 Å². The van der Waals surface area contributed by atoms with Crippen molar-refractivity contribution in [1.82, 2.24) is 10.5 Å². The summed E-state index contributed by atoms with van der Waals surface area (Å²) in [5, 5.41) is 7.72. The van der Waals surface area contributed by atoms with Gasteiger partial charge in [-0.2, -0.15) is 0 Å². The Morgan fingerprint density at radius 3 is 2.86 bits per heavy atom. The monoisotopic (exact) mass is 310 g/mol. The Morgan fingerprint density at radius 2 is 2.19 bits per heavy atom. The normalized spacial score (nSPS) is 10.8. The Morgan fingerprint density at radius 1 is 1.33 bits per heavy atom. The van der Waals surface area contributed by atoms with Crippen LogP contribution in [0.15, 0.2) is 28.8 Å². The quantitative estimate of drug-likeness (QED) is 0.760. The van der Waals surface area contributed by atoms with E-state index in [1.807, 2.05) is 31.2 Å². The molecule has 21 heavy (non-hydrogen) atoms. The Kier molecular flexibility index (Phi) is 6.04. The third-order valence-corrected chi connectivity index (χ3v) is 3.16. The van der Waals surface area contributed by atoms with Crippen LogP contribution >= 0.6 is 11.6 Å². The van der Waals surface area contributed by atoms with E-state index in [4.69, 9.17) is 25.6 Å². The fourth-order valence-corrected chi connectivity index (χ4v) is 2.07. The molecule has 0 amide bonds. The van der Waals surface area contributed by atoms with Crippen molar-refractivity contribution >= 4 is 11.6 Å². The molecule has 0 bridgehead atoms. The number of benzene rings is 1. The van der Waals surface area contributed by atoms with Crippen molar-refractivity contribution in [3.8, 4) is 5.75 Å². The summed E-state index contributed by atoms with van der Waals surface area (Å²) in [7, 11) is 1.68. The van der Waals surface area contributed by atoms with E-state index in [0.717, 1.165) is 30.1 Å². The molecule has 0 spiro atoms. The molecule has 0 aliphatic heterocycles. The zero-order valence-electron chi connectivity index (χ0n) is 12.2. The van der Waals surface area contributed by atoms with Crippen LogP contribution in [0.25, 0.3) is 0 Å². The summed E-state index contributed by atoms with van der Waals surface area (Å²) in [6, 6.07) is 7.57. The minimum atomic E-state index is 0.336. The van der Waals surface area contributed by atoms with Crippen LogP contribution in [0.4, 0.5) is 0 Å². The molecule has 0 fully saturated rings. The predicted octanol–water partition coefficient (Wildman–Crippen LogP) is 2.95. The van der Waals surface area contributed by atoms with Gasteiger partial charge in [0.15, 0.2) is 0 Å². The third kappa shape index (κ3) is 5.04. The first-order valence-electron chi connectivity index (χ1n) is 6.72. The van der Waals surface area contributed by atoms with E-state index in [1.165, 1.54) is 0 Å². The highest BCUT2D eigenvalue weighted by atomic mass is 35.5. The van der Waals surface area contributed by atoms with E-state index >= 15 is 0 Å². The van der Waals surface area contributed by atoms with Crippen LogP contribution in [0.5, 0.6) is 5.75 Å². The van der Waals surface area contributed by atoms with Crippen molar-refractivity contribution in [2.24, 2.45) is 0 Å². The maximum Gasteiger partial charge on any atom is 0.138 e. The fourth-order valence-electron chi connectivity index (χ4n) is 1.82. The smallest absolute Gasteiger partial charge is 0.138 e. The summed E-state index contributed by atoms with van der Waals surface area (Å²) in [5.74, 6) is 1.40. The van der Waals surface area contributed by atoms with Crippen molar-refractivity contribution < 1.29 is 14.0 Å². The van der Waals surface area contributed by atoms with Crippen LogP contribution in [0.3, 0.4) is 0 Å².